The smallest absolute Gasteiger partial charge is 0.143 e. The average Bonchev–Trinajstić information content (AvgIpc) is 2.94. The number of halogens is 1. The van der Waals surface area contributed by atoms with Gasteiger partial charge < -0.3 is 0 Å². The number of alkyl halides is 1. The molecule has 16 heavy (non-hydrogen) atoms. The van der Waals surface area contributed by atoms with E-state index in [1.165, 1.54) is 10.1 Å². The van der Waals surface area contributed by atoms with E-state index in [0.717, 1.165) is 15.6 Å². The molecule has 0 unspecified atom stereocenters. The molecular formula is C11H7ClN2S2. The highest BCUT2D eigenvalue weighted by molar-refractivity contribution is 7.19. The van der Waals surface area contributed by atoms with Crippen molar-refractivity contribution in [3.63, 3.8) is 0 Å². The van der Waals surface area contributed by atoms with Crippen molar-refractivity contribution in [2.45, 2.75) is 5.88 Å². The van der Waals surface area contributed by atoms with Crippen molar-refractivity contribution < 1.29 is 0 Å². The van der Waals surface area contributed by atoms with Crippen LogP contribution in [0, 0.1) is 0 Å². The van der Waals surface area contributed by atoms with Crippen LogP contribution in [0.2, 0.25) is 0 Å². The number of fused-ring (bicyclic) bond motifs is 1. The zero-order valence-electron chi connectivity index (χ0n) is 8.18. The van der Waals surface area contributed by atoms with Crippen LogP contribution in [-0.2, 0) is 5.88 Å². The Morgan fingerprint density at radius 1 is 1.19 bits per heavy atom. The van der Waals surface area contributed by atoms with E-state index in [0.29, 0.717) is 5.88 Å². The minimum atomic E-state index is 0.430. The highest BCUT2D eigenvalue weighted by Gasteiger charge is 2.10. The third-order valence-corrected chi connectivity index (χ3v) is 4.62. The first-order chi connectivity index (χ1) is 7.88. The van der Waals surface area contributed by atoms with Gasteiger partial charge in [0.25, 0.3) is 0 Å². The van der Waals surface area contributed by atoms with Crippen molar-refractivity contribution in [1.82, 2.24) is 10.2 Å². The molecule has 2 nitrogen and oxygen atoms in total. The number of aromatic nitrogens is 2. The second-order valence-electron chi connectivity index (χ2n) is 3.28. The molecule has 0 saturated carbocycles. The maximum atomic E-state index is 5.73. The highest BCUT2D eigenvalue weighted by Crippen LogP contribution is 2.35. The van der Waals surface area contributed by atoms with Crippen LogP contribution < -0.4 is 0 Å². The molecule has 0 atom stereocenters. The van der Waals surface area contributed by atoms with Gasteiger partial charge in [0, 0.05) is 21.0 Å². The molecule has 0 amide bonds. The normalized spacial score (nSPS) is 11.1. The van der Waals surface area contributed by atoms with Gasteiger partial charge in [-0.1, -0.05) is 29.5 Å². The summed E-state index contributed by atoms with van der Waals surface area (Å²) in [6.45, 7) is 0. The Balaban J connectivity index is 2.18. The molecule has 0 saturated heterocycles. The Hall–Kier alpha value is -0.970. The second-order valence-corrected chi connectivity index (χ2v) is 5.52. The highest BCUT2D eigenvalue weighted by atomic mass is 35.5. The SMILES string of the molecule is ClCc1nnc(-c2csc3ccccc23)s1. The van der Waals surface area contributed by atoms with E-state index in [4.69, 9.17) is 11.6 Å². The van der Waals surface area contributed by atoms with Crippen molar-refractivity contribution in [3.05, 3.63) is 34.7 Å². The van der Waals surface area contributed by atoms with E-state index < -0.39 is 0 Å². The first-order valence-electron chi connectivity index (χ1n) is 4.73. The number of hydrogen-bond donors (Lipinski definition) is 0. The minimum Gasteiger partial charge on any atom is -0.143 e. The summed E-state index contributed by atoms with van der Waals surface area (Å²) in [6, 6.07) is 8.32. The van der Waals surface area contributed by atoms with Crippen LogP contribution in [0.4, 0.5) is 0 Å². The molecule has 5 heteroatoms. The standard InChI is InChI=1S/C11H7ClN2S2/c12-5-10-13-14-11(16-10)8-6-15-9-4-2-1-3-7(8)9/h1-4,6H,5H2. The van der Waals surface area contributed by atoms with Crippen LogP contribution in [0.1, 0.15) is 5.01 Å². The topological polar surface area (TPSA) is 25.8 Å². The summed E-state index contributed by atoms with van der Waals surface area (Å²) in [5.41, 5.74) is 1.16. The molecule has 3 rings (SSSR count). The molecule has 2 heterocycles. The van der Waals surface area contributed by atoms with Gasteiger partial charge in [-0.3, -0.25) is 0 Å². The first kappa shape index (κ1) is 10.2. The Labute approximate surface area is 106 Å². The number of rotatable bonds is 2. The zero-order chi connectivity index (χ0) is 11.0. The van der Waals surface area contributed by atoms with Crippen molar-refractivity contribution >= 4 is 44.4 Å². The molecule has 0 radical (unpaired) electrons. The van der Waals surface area contributed by atoms with Crippen LogP contribution in [0.15, 0.2) is 29.6 Å². The molecule has 0 N–H and O–H groups in total. The summed E-state index contributed by atoms with van der Waals surface area (Å²) in [5, 5.41) is 13.4. The van der Waals surface area contributed by atoms with Crippen molar-refractivity contribution in [2.75, 3.05) is 0 Å². The van der Waals surface area contributed by atoms with E-state index in [1.54, 1.807) is 22.7 Å². The number of thiophene rings is 1. The summed E-state index contributed by atoms with van der Waals surface area (Å²) < 4.78 is 1.28. The fourth-order valence-electron chi connectivity index (χ4n) is 1.56. The minimum absolute atomic E-state index is 0.430. The molecular weight excluding hydrogens is 260 g/mol. The molecule has 0 aliphatic heterocycles. The monoisotopic (exact) mass is 266 g/mol. The third kappa shape index (κ3) is 1.63. The fourth-order valence-corrected chi connectivity index (χ4v) is 3.52. The molecule has 0 aliphatic rings. The Bertz CT molecular complexity index is 629. The first-order valence-corrected chi connectivity index (χ1v) is 6.96. The molecule has 2 aromatic heterocycles. The quantitative estimate of drug-likeness (QED) is 0.651. The second kappa shape index (κ2) is 4.13. The lowest BCUT2D eigenvalue weighted by atomic mass is 10.2. The number of benzene rings is 1. The predicted octanol–water partition coefficient (Wildman–Crippen LogP) is 4.16. The Morgan fingerprint density at radius 3 is 2.88 bits per heavy atom. The summed E-state index contributed by atoms with van der Waals surface area (Å²) in [5.74, 6) is 0.430. The van der Waals surface area contributed by atoms with Gasteiger partial charge in [-0.05, 0) is 6.07 Å². The lowest BCUT2D eigenvalue weighted by Gasteiger charge is -1.91. The number of nitrogens with zero attached hydrogens (tertiary/aromatic N) is 2. The van der Waals surface area contributed by atoms with Crippen LogP contribution in [0.5, 0.6) is 0 Å². The lowest BCUT2D eigenvalue weighted by Crippen LogP contribution is -1.75. The summed E-state index contributed by atoms with van der Waals surface area (Å²) in [6.07, 6.45) is 0. The summed E-state index contributed by atoms with van der Waals surface area (Å²) >= 11 is 9.02. The molecule has 3 aromatic rings. The van der Waals surface area contributed by atoms with E-state index in [2.05, 4.69) is 27.7 Å². The molecule has 0 spiro atoms. The van der Waals surface area contributed by atoms with Gasteiger partial charge in [-0.2, -0.15) is 0 Å². The molecule has 0 bridgehead atoms. The van der Waals surface area contributed by atoms with Gasteiger partial charge in [0.15, 0.2) is 0 Å². The van der Waals surface area contributed by atoms with Crippen molar-refractivity contribution in [1.29, 1.82) is 0 Å². The van der Waals surface area contributed by atoms with Gasteiger partial charge in [0.05, 0.1) is 5.88 Å². The van der Waals surface area contributed by atoms with E-state index in [9.17, 15) is 0 Å². The van der Waals surface area contributed by atoms with Crippen molar-refractivity contribution in [3.8, 4) is 10.6 Å². The fraction of sp³-hybridized carbons (Fsp3) is 0.0909. The van der Waals surface area contributed by atoms with Gasteiger partial charge in [-0.15, -0.1) is 33.1 Å². The van der Waals surface area contributed by atoms with Crippen LogP contribution in [0.25, 0.3) is 20.7 Å². The van der Waals surface area contributed by atoms with Crippen LogP contribution in [-0.4, -0.2) is 10.2 Å². The molecule has 1 aromatic carbocycles. The van der Waals surface area contributed by atoms with E-state index >= 15 is 0 Å². The molecule has 0 aliphatic carbocycles. The lowest BCUT2D eigenvalue weighted by molar-refractivity contribution is 1.04. The van der Waals surface area contributed by atoms with Gasteiger partial charge in [0.1, 0.15) is 10.0 Å². The third-order valence-electron chi connectivity index (χ3n) is 2.29. The summed E-state index contributed by atoms with van der Waals surface area (Å²) in [7, 11) is 0. The van der Waals surface area contributed by atoms with Crippen molar-refractivity contribution in [2.24, 2.45) is 0 Å². The number of hydrogen-bond acceptors (Lipinski definition) is 4. The maximum Gasteiger partial charge on any atom is 0.149 e. The Morgan fingerprint density at radius 2 is 2.06 bits per heavy atom. The Kier molecular flexibility index (Phi) is 2.63. The van der Waals surface area contributed by atoms with Crippen LogP contribution in [0.3, 0.4) is 0 Å². The average molecular weight is 267 g/mol. The molecule has 0 fully saturated rings. The van der Waals surface area contributed by atoms with Gasteiger partial charge in [0.2, 0.25) is 0 Å². The van der Waals surface area contributed by atoms with E-state index in [-0.39, 0.29) is 0 Å². The van der Waals surface area contributed by atoms with Gasteiger partial charge in [-0.25, -0.2) is 0 Å². The van der Waals surface area contributed by atoms with Gasteiger partial charge >= 0.3 is 0 Å². The predicted molar refractivity (Wildman–Crippen MR) is 70.3 cm³/mol. The maximum absolute atomic E-state index is 5.73. The van der Waals surface area contributed by atoms with Crippen LogP contribution >= 0.6 is 34.3 Å². The zero-order valence-corrected chi connectivity index (χ0v) is 10.6. The van der Waals surface area contributed by atoms with E-state index in [1.807, 2.05) is 12.1 Å². The molecule has 80 valence electrons. The largest absolute Gasteiger partial charge is 0.149 e. The summed E-state index contributed by atoms with van der Waals surface area (Å²) in [4.78, 5) is 0.